The molecule has 0 spiro atoms. The van der Waals surface area contributed by atoms with E-state index in [9.17, 15) is 0 Å². The molecular formula is C13H24. The van der Waals surface area contributed by atoms with Gasteiger partial charge in [-0.25, -0.2) is 0 Å². The Kier molecular flexibility index (Phi) is 1.71. The van der Waals surface area contributed by atoms with Gasteiger partial charge in [0.25, 0.3) is 0 Å². The number of fused-ring (bicyclic) bond motifs is 1. The monoisotopic (exact) mass is 180 g/mol. The largest absolute Gasteiger partial charge is 0.0625 e. The van der Waals surface area contributed by atoms with Gasteiger partial charge >= 0.3 is 0 Å². The molecule has 0 heterocycles. The average Bonchev–Trinajstić information content (AvgIpc) is 2.34. The van der Waals surface area contributed by atoms with Crippen molar-refractivity contribution in [3.8, 4) is 0 Å². The quantitative estimate of drug-likeness (QED) is 0.573. The van der Waals surface area contributed by atoms with Crippen LogP contribution >= 0.6 is 0 Å². The van der Waals surface area contributed by atoms with E-state index in [4.69, 9.17) is 0 Å². The Morgan fingerprint density at radius 2 is 1.77 bits per heavy atom. The van der Waals surface area contributed by atoms with Gasteiger partial charge in [0, 0.05) is 0 Å². The molecule has 2 aliphatic carbocycles. The minimum absolute atomic E-state index is 0.545. The van der Waals surface area contributed by atoms with Crippen molar-refractivity contribution in [2.75, 3.05) is 0 Å². The van der Waals surface area contributed by atoms with Gasteiger partial charge in [0.05, 0.1) is 0 Å². The summed E-state index contributed by atoms with van der Waals surface area (Å²) >= 11 is 0. The Morgan fingerprint density at radius 1 is 1.23 bits per heavy atom. The van der Waals surface area contributed by atoms with Crippen LogP contribution in [0.15, 0.2) is 0 Å². The van der Waals surface area contributed by atoms with Crippen LogP contribution in [0.4, 0.5) is 0 Å². The van der Waals surface area contributed by atoms with E-state index in [0.29, 0.717) is 5.41 Å². The van der Waals surface area contributed by atoms with Gasteiger partial charge in [-0.3, -0.25) is 0 Å². The minimum atomic E-state index is 0.545. The average molecular weight is 180 g/mol. The van der Waals surface area contributed by atoms with Gasteiger partial charge in [0.2, 0.25) is 0 Å². The zero-order valence-corrected chi connectivity index (χ0v) is 10.0. The van der Waals surface area contributed by atoms with Crippen LogP contribution in [0.3, 0.4) is 0 Å². The highest BCUT2D eigenvalue weighted by Crippen LogP contribution is 2.80. The lowest BCUT2D eigenvalue weighted by Crippen LogP contribution is -2.27. The third kappa shape index (κ3) is 1.10. The summed E-state index contributed by atoms with van der Waals surface area (Å²) in [6, 6.07) is 0. The molecule has 4 atom stereocenters. The molecule has 2 rings (SSSR count). The van der Waals surface area contributed by atoms with E-state index in [2.05, 4.69) is 41.5 Å². The topological polar surface area (TPSA) is 0 Å². The van der Waals surface area contributed by atoms with Gasteiger partial charge in [-0.1, -0.05) is 41.5 Å². The maximum Gasteiger partial charge on any atom is -0.0253 e. The second kappa shape index (κ2) is 2.32. The van der Waals surface area contributed by atoms with Crippen LogP contribution in [0, 0.1) is 34.5 Å². The fourth-order valence-electron chi connectivity index (χ4n) is 4.25. The molecule has 0 saturated heterocycles. The van der Waals surface area contributed by atoms with E-state index in [1.807, 2.05) is 0 Å². The normalized spacial score (nSPS) is 48.7. The summed E-state index contributed by atoms with van der Waals surface area (Å²) < 4.78 is 0. The van der Waals surface area contributed by atoms with Crippen molar-refractivity contribution >= 4 is 0 Å². The Morgan fingerprint density at radius 3 is 2.00 bits per heavy atom. The molecule has 0 heteroatoms. The highest BCUT2D eigenvalue weighted by molar-refractivity contribution is 5.22. The number of hydrogen-bond donors (Lipinski definition) is 0. The predicted molar refractivity (Wildman–Crippen MR) is 57.5 cm³/mol. The highest BCUT2D eigenvalue weighted by Gasteiger charge is 2.74. The first kappa shape index (κ1) is 9.55. The fourth-order valence-corrected chi connectivity index (χ4v) is 4.25. The molecule has 0 aromatic heterocycles. The van der Waals surface area contributed by atoms with Crippen LogP contribution < -0.4 is 0 Å². The molecular weight excluding hydrogens is 156 g/mol. The van der Waals surface area contributed by atoms with Crippen molar-refractivity contribution in [3.63, 3.8) is 0 Å². The molecule has 0 N–H and O–H groups in total. The van der Waals surface area contributed by atoms with Gasteiger partial charge in [-0.15, -0.1) is 0 Å². The second-order valence-corrected chi connectivity index (χ2v) is 6.99. The lowest BCUT2D eigenvalue weighted by Gasteiger charge is -2.34. The number of hydrogen-bond acceptors (Lipinski definition) is 0. The molecule has 0 amide bonds. The molecule has 4 unspecified atom stereocenters. The molecule has 0 nitrogen and oxygen atoms in total. The smallest absolute Gasteiger partial charge is 0.0253 e. The molecule has 0 aromatic carbocycles. The Bertz CT molecular complexity index is 221. The summed E-state index contributed by atoms with van der Waals surface area (Å²) in [5.74, 6) is 4.01. The van der Waals surface area contributed by atoms with Crippen molar-refractivity contribution in [1.29, 1.82) is 0 Å². The van der Waals surface area contributed by atoms with Crippen LogP contribution in [0.1, 0.15) is 48.0 Å². The van der Waals surface area contributed by atoms with E-state index in [1.165, 1.54) is 6.42 Å². The standard InChI is InChI=1S/C13H24/c1-8(2)9-7-13(6)10(9)11(13)12(3,4)5/h8-11H,7H2,1-6H3. The summed E-state index contributed by atoms with van der Waals surface area (Å²) in [7, 11) is 0. The van der Waals surface area contributed by atoms with E-state index in [1.54, 1.807) is 0 Å². The van der Waals surface area contributed by atoms with E-state index < -0.39 is 0 Å². The zero-order valence-electron chi connectivity index (χ0n) is 10.0. The zero-order chi connectivity index (χ0) is 10.0. The van der Waals surface area contributed by atoms with Crippen molar-refractivity contribution in [3.05, 3.63) is 0 Å². The van der Waals surface area contributed by atoms with Crippen LogP contribution in [0.25, 0.3) is 0 Å². The first-order chi connectivity index (χ1) is 5.78. The third-order valence-corrected chi connectivity index (χ3v) is 4.65. The van der Waals surface area contributed by atoms with Gasteiger partial charge in [-0.2, -0.15) is 0 Å². The maximum absolute atomic E-state index is 2.51. The molecule has 2 fully saturated rings. The lowest BCUT2D eigenvalue weighted by atomic mass is 9.70. The number of rotatable bonds is 1. The Balaban J connectivity index is 2.07. The van der Waals surface area contributed by atoms with Gasteiger partial charge in [-0.05, 0) is 40.9 Å². The SMILES string of the molecule is CC(C)C1CC2(C)C1C2C(C)(C)C. The predicted octanol–water partition coefficient (Wildman–Crippen LogP) is 3.96. The summed E-state index contributed by atoms with van der Waals surface area (Å²) in [6.45, 7) is 14.5. The van der Waals surface area contributed by atoms with Crippen LogP contribution in [0.2, 0.25) is 0 Å². The van der Waals surface area contributed by atoms with Crippen molar-refractivity contribution in [2.24, 2.45) is 34.5 Å². The van der Waals surface area contributed by atoms with E-state index in [0.717, 1.165) is 29.1 Å². The van der Waals surface area contributed by atoms with Crippen molar-refractivity contribution in [1.82, 2.24) is 0 Å². The summed E-state index contributed by atoms with van der Waals surface area (Å²) in [5, 5.41) is 0. The highest BCUT2D eigenvalue weighted by atomic mass is 14.8. The van der Waals surface area contributed by atoms with Crippen molar-refractivity contribution in [2.45, 2.75) is 48.0 Å². The molecule has 0 aliphatic heterocycles. The molecule has 2 saturated carbocycles. The molecule has 13 heavy (non-hydrogen) atoms. The van der Waals surface area contributed by atoms with Gasteiger partial charge < -0.3 is 0 Å². The van der Waals surface area contributed by atoms with Crippen LogP contribution in [-0.2, 0) is 0 Å². The molecule has 0 aromatic rings. The Labute approximate surface area is 83.1 Å². The molecule has 0 radical (unpaired) electrons. The van der Waals surface area contributed by atoms with Crippen LogP contribution in [-0.4, -0.2) is 0 Å². The second-order valence-electron chi connectivity index (χ2n) is 6.99. The molecule has 0 bridgehead atoms. The molecule has 2 aliphatic rings. The Hall–Kier alpha value is 0. The lowest BCUT2D eigenvalue weighted by molar-refractivity contribution is 0.143. The minimum Gasteiger partial charge on any atom is -0.0625 e. The van der Waals surface area contributed by atoms with Gasteiger partial charge in [0.15, 0.2) is 0 Å². The fraction of sp³-hybridized carbons (Fsp3) is 1.00. The molecule has 76 valence electrons. The summed E-state index contributed by atoms with van der Waals surface area (Å²) in [4.78, 5) is 0. The first-order valence-corrected chi connectivity index (χ1v) is 5.78. The maximum atomic E-state index is 2.51. The van der Waals surface area contributed by atoms with Crippen LogP contribution in [0.5, 0.6) is 0 Å². The summed E-state index contributed by atoms with van der Waals surface area (Å²) in [6.07, 6.45) is 1.50. The van der Waals surface area contributed by atoms with Gasteiger partial charge in [0.1, 0.15) is 0 Å². The van der Waals surface area contributed by atoms with E-state index in [-0.39, 0.29) is 0 Å². The van der Waals surface area contributed by atoms with E-state index >= 15 is 0 Å². The van der Waals surface area contributed by atoms with Crippen molar-refractivity contribution < 1.29 is 0 Å². The first-order valence-electron chi connectivity index (χ1n) is 5.78. The summed E-state index contributed by atoms with van der Waals surface area (Å²) in [5.41, 5.74) is 1.29. The third-order valence-electron chi connectivity index (χ3n) is 4.65.